The first-order valence-corrected chi connectivity index (χ1v) is 1.07. The Morgan fingerprint density at radius 1 is 1.83 bits per heavy atom. The summed E-state index contributed by atoms with van der Waals surface area (Å²) >= 11 is 0. The maximum absolute atomic E-state index is 9.26. The van der Waals surface area contributed by atoms with Gasteiger partial charge in [-0.2, -0.15) is 0 Å². The average Bonchev–Trinajstić information content (AvgIpc) is 1.38. The van der Waals surface area contributed by atoms with Gasteiger partial charge in [0.2, 0.25) is 6.09 Å². The first-order chi connectivity index (χ1) is 2.27. The van der Waals surface area contributed by atoms with E-state index >= 15 is 0 Å². The van der Waals surface area contributed by atoms with E-state index in [0.29, 0.717) is 0 Å². The van der Waals surface area contributed by atoms with E-state index in [4.69, 9.17) is 5.73 Å². The van der Waals surface area contributed by atoms with Crippen molar-refractivity contribution in [3.63, 3.8) is 0 Å². The van der Waals surface area contributed by atoms with Crippen LogP contribution in [0.2, 0.25) is 0 Å². The zero-order chi connectivity index (χ0) is 4.28. The number of hydrogen-bond acceptors (Lipinski definition) is 2. The molecule has 0 aromatic heterocycles. The van der Waals surface area contributed by atoms with Gasteiger partial charge in [0, 0.05) is 46.9 Å². The molecule has 0 aromatic carbocycles. The molecule has 0 heterocycles. The van der Waals surface area contributed by atoms with Gasteiger partial charge in [-0.15, -0.1) is 0 Å². The molecule has 0 saturated heterocycles. The molecule has 0 bridgehead atoms. The molecule has 0 atom stereocenters. The van der Waals surface area contributed by atoms with E-state index in [-0.39, 0.29) is 46.9 Å². The van der Waals surface area contributed by atoms with Crippen LogP contribution in [0, 0.1) is 46.9 Å². The summed E-state index contributed by atoms with van der Waals surface area (Å²) in [5, 5.41) is 0. The Kier molecular flexibility index (Phi) is 9.57. The Morgan fingerprint density at radius 2 is 2.00 bits per heavy atom. The van der Waals surface area contributed by atoms with Crippen molar-refractivity contribution in [2.24, 2.45) is 0 Å². The smallest absolute Gasteiger partial charge is 0.226 e. The van der Waals surface area contributed by atoms with E-state index in [1.807, 2.05) is 0 Å². The van der Waals surface area contributed by atoms with Gasteiger partial charge >= 0.3 is 0 Å². The van der Waals surface area contributed by atoms with Crippen molar-refractivity contribution in [2.75, 3.05) is 7.11 Å². The molecule has 0 rings (SSSR count). The molecule has 44 valence electrons. The van der Waals surface area contributed by atoms with Crippen molar-refractivity contribution in [3.8, 4) is 0 Å². The van der Waals surface area contributed by atoms with Gasteiger partial charge in [0.15, 0.2) is 0 Å². The number of carbonyl (C=O) groups excluding carboxylic acids is 1. The zero-order valence-electron chi connectivity index (χ0n) is 3.08. The molecule has 0 fully saturated rings. The summed E-state index contributed by atoms with van der Waals surface area (Å²) < 4.78 is 3.78. The third kappa shape index (κ3) is 8.84. The van der Waals surface area contributed by atoms with Crippen LogP contribution in [-0.4, -0.2) is 13.2 Å². The molecule has 6 heavy (non-hydrogen) atoms. The van der Waals surface area contributed by atoms with Crippen molar-refractivity contribution in [1.29, 1.82) is 0 Å². The van der Waals surface area contributed by atoms with Crippen LogP contribution in [0.3, 0.4) is 0 Å². The summed E-state index contributed by atoms with van der Waals surface area (Å²) in [6, 6.07) is 0. The Labute approximate surface area is 74.5 Å². The Morgan fingerprint density at radius 3 is 2.00 bits per heavy atom. The molecular weight excluding hydrogens is 243 g/mol. The average molecular weight is 247 g/mol. The second kappa shape index (κ2) is 5.79. The summed E-state index contributed by atoms with van der Waals surface area (Å²) in [5.74, 6) is 0. The second-order valence-electron chi connectivity index (χ2n) is 0.492. The third-order valence-corrected chi connectivity index (χ3v) is 0.185. The second-order valence-corrected chi connectivity index (χ2v) is 0.492. The van der Waals surface area contributed by atoms with Gasteiger partial charge in [0.05, 0.1) is 7.11 Å². The molecule has 0 aliphatic rings. The van der Waals surface area contributed by atoms with E-state index in [1.54, 1.807) is 0 Å². The number of methoxy groups -OCH3 is 1. The van der Waals surface area contributed by atoms with Crippen LogP contribution >= 0.6 is 0 Å². The summed E-state index contributed by atoms with van der Waals surface area (Å²) in [4.78, 5) is 9.26. The van der Waals surface area contributed by atoms with E-state index < -0.39 is 6.09 Å². The van der Waals surface area contributed by atoms with Crippen LogP contribution in [0.5, 0.6) is 0 Å². The number of rotatable bonds is 0. The Balaban J connectivity index is 0. The standard InChI is InChI=1S/C2H5NO2.Yb/c1-5-2(3)4;/h1H3,(H2,3,4);/p-1. The summed E-state index contributed by atoms with van der Waals surface area (Å²) in [7, 11) is 1.16. The SMILES string of the molecule is COC([NH-])=O.[Yb]. The van der Waals surface area contributed by atoms with E-state index in [2.05, 4.69) is 4.74 Å². The molecule has 1 amide bonds. The van der Waals surface area contributed by atoms with Crippen molar-refractivity contribution in [2.45, 2.75) is 0 Å². The number of amides is 1. The van der Waals surface area contributed by atoms with Crippen LogP contribution in [0.1, 0.15) is 0 Å². The molecule has 0 radical (unpaired) electrons. The zero-order valence-corrected chi connectivity index (χ0v) is 4.80. The molecule has 0 unspecified atom stereocenters. The fourth-order valence-corrected chi connectivity index (χ4v) is 0. The monoisotopic (exact) mass is 248 g/mol. The first kappa shape index (κ1) is 9.92. The molecule has 0 aliphatic heterocycles. The van der Waals surface area contributed by atoms with Gasteiger partial charge in [-0.05, 0) is 0 Å². The van der Waals surface area contributed by atoms with Crippen LogP contribution < -0.4 is 0 Å². The largest absolute Gasteiger partial charge is 0.632 e. The van der Waals surface area contributed by atoms with Crippen molar-refractivity contribution in [1.82, 2.24) is 0 Å². The molecule has 0 saturated carbocycles. The van der Waals surface area contributed by atoms with Crippen molar-refractivity contribution >= 4 is 6.09 Å². The van der Waals surface area contributed by atoms with Crippen molar-refractivity contribution in [3.05, 3.63) is 5.73 Å². The third-order valence-electron chi connectivity index (χ3n) is 0.185. The predicted octanol–water partition coefficient (Wildman–Crippen LogP) is 0.805. The number of hydrogen-bond donors (Lipinski definition) is 0. The molecule has 3 nitrogen and oxygen atoms in total. The summed E-state index contributed by atoms with van der Waals surface area (Å²) in [5.41, 5.74) is 5.97. The van der Waals surface area contributed by atoms with Crippen LogP contribution in [-0.2, 0) is 4.74 Å². The van der Waals surface area contributed by atoms with Gasteiger partial charge < -0.3 is 10.5 Å². The summed E-state index contributed by atoms with van der Waals surface area (Å²) in [6.45, 7) is 0. The van der Waals surface area contributed by atoms with Gasteiger partial charge in [0.25, 0.3) is 0 Å². The van der Waals surface area contributed by atoms with Gasteiger partial charge in [-0.25, -0.2) is 0 Å². The minimum absolute atomic E-state index is 0. The molecule has 1 N–H and O–H groups in total. The maximum Gasteiger partial charge on any atom is 0.226 e. The fourth-order valence-electron chi connectivity index (χ4n) is 0. The number of carbonyl (C=O) groups is 1. The molecular formula is C2H4NO2Yb-. The van der Waals surface area contributed by atoms with Crippen LogP contribution in [0.4, 0.5) is 4.79 Å². The molecule has 0 spiro atoms. The first-order valence-electron chi connectivity index (χ1n) is 1.07. The molecule has 0 aromatic rings. The van der Waals surface area contributed by atoms with E-state index in [9.17, 15) is 4.79 Å². The van der Waals surface area contributed by atoms with Crippen LogP contribution in [0.15, 0.2) is 0 Å². The Hall–Kier alpha value is 0.789. The van der Waals surface area contributed by atoms with Gasteiger partial charge in [-0.3, -0.25) is 4.79 Å². The number of nitrogens with one attached hydrogen (secondary N) is 1. The van der Waals surface area contributed by atoms with Crippen molar-refractivity contribution < 1.29 is 56.5 Å². The maximum atomic E-state index is 9.26. The fraction of sp³-hybridized carbons (Fsp3) is 0.500. The van der Waals surface area contributed by atoms with Gasteiger partial charge in [-0.1, -0.05) is 0 Å². The topological polar surface area (TPSA) is 50.1 Å². The summed E-state index contributed by atoms with van der Waals surface area (Å²) in [6.07, 6.45) is -0.995. The molecule has 4 heteroatoms. The quantitative estimate of drug-likeness (QED) is 0.635. The minimum atomic E-state index is -0.995. The van der Waals surface area contributed by atoms with E-state index in [0.717, 1.165) is 7.11 Å². The Bertz CT molecular complexity index is 46.8. The minimum Gasteiger partial charge on any atom is -0.632 e. The van der Waals surface area contributed by atoms with Gasteiger partial charge in [0.1, 0.15) is 0 Å². The normalized spacial score (nSPS) is 5.50. The van der Waals surface area contributed by atoms with Crippen LogP contribution in [0.25, 0.3) is 5.73 Å². The molecule has 0 aliphatic carbocycles. The van der Waals surface area contributed by atoms with E-state index in [1.165, 1.54) is 0 Å². The predicted molar refractivity (Wildman–Crippen MR) is 16.7 cm³/mol. The number of ether oxygens (including phenoxy) is 1.